The average Bonchev–Trinajstić information content (AvgIpc) is 2.46. The molecule has 0 radical (unpaired) electrons. The first-order chi connectivity index (χ1) is 9.69. The lowest BCUT2D eigenvalue weighted by molar-refractivity contribution is 0.204. The molecule has 0 saturated carbocycles. The normalized spacial score (nSPS) is 12.3. The quantitative estimate of drug-likeness (QED) is 0.772. The number of aryl methyl sites for hydroxylation is 2. The van der Waals surface area contributed by atoms with Crippen molar-refractivity contribution in [1.29, 1.82) is 0 Å². The Labute approximate surface area is 126 Å². The molecule has 0 aliphatic carbocycles. The van der Waals surface area contributed by atoms with Crippen LogP contribution in [0.25, 0.3) is 0 Å². The fourth-order valence-corrected chi connectivity index (χ4v) is 3.16. The molecular formula is C18H22OS. The maximum Gasteiger partial charge on any atom is 0.0883 e. The van der Waals surface area contributed by atoms with Crippen LogP contribution in [0.2, 0.25) is 0 Å². The third-order valence-electron chi connectivity index (χ3n) is 3.30. The lowest BCUT2D eigenvalue weighted by Gasteiger charge is -2.11. The predicted molar refractivity (Wildman–Crippen MR) is 87.3 cm³/mol. The summed E-state index contributed by atoms with van der Waals surface area (Å²) in [6, 6.07) is 16.7. The monoisotopic (exact) mass is 286 g/mol. The molecule has 20 heavy (non-hydrogen) atoms. The summed E-state index contributed by atoms with van der Waals surface area (Å²) in [5.74, 6) is 0.691. The van der Waals surface area contributed by atoms with Crippen LogP contribution in [-0.4, -0.2) is 10.9 Å². The van der Waals surface area contributed by atoms with Gasteiger partial charge in [-0.2, -0.15) is 0 Å². The van der Waals surface area contributed by atoms with Crippen LogP contribution in [0.4, 0.5) is 0 Å². The first-order valence-corrected chi connectivity index (χ1v) is 8.14. The molecule has 2 aromatic rings. The lowest BCUT2D eigenvalue weighted by atomic mass is 10.1. The highest BCUT2D eigenvalue weighted by Crippen LogP contribution is 2.25. The van der Waals surface area contributed by atoms with E-state index in [-0.39, 0.29) is 0 Å². The van der Waals surface area contributed by atoms with Crippen LogP contribution < -0.4 is 0 Å². The third kappa shape index (κ3) is 4.39. The van der Waals surface area contributed by atoms with Gasteiger partial charge in [0.15, 0.2) is 0 Å². The van der Waals surface area contributed by atoms with Crippen molar-refractivity contribution < 1.29 is 5.11 Å². The third-order valence-corrected chi connectivity index (χ3v) is 4.37. The van der Waals surface area contributed by atoms with E-state index >= 15 is 0 Å². The molecule has 0 bridgehead atoms. The Hall–Kier alpha value is -1.25. The van der Waals surface area contributed by atoms with E-state index < -0.39 is 6.10 Å². The van der Waals surface area contributed by atoms with E-state index in [0.717, 1.165) is 18.4 Å². The van der Waals surface area contributed by atoms with Gasteiger partial charge in [0.2, 0.25) is 0 Å². The van der Waals surface area contributed by atoms with E-state index in [0.29, 0.717) is 5.75 Å². The van der Waals surface area contributed by atoms with Crippen LogP contribution in [0.1, 0.15) is 36.1 Å². The number of aliphatic hydroxyl groups is 1. The van der Waals surface area contributed by atoms with Crippen LogP contribution in [0.15, 0.2) is 53.4 Å². The van der Waals surface area contributed by atoms with Crippen molar-refractivity contribution in [2.24, 2.45) is 0 Å². The Bertz CT molecular complexity index is 533. The first kappa shape index (κ1) is 15.1. The van der Waals surface area contributed by atoms with Crippen molar-refractivity contribution in [1.82, 2.24) is 0 Å². The van der Waals surface area contributed by atoms with Crippen molar-refractivity contribution in [3.8, 4) is 0 Å². The average molecular weight is 286 g/mol. The van der Waals surface area contributed by atoms with E-state index in [1.165, 1.54) is 16.0 Å². The van der Waals surface area contributed by atoms with Gasteiger partial charge in [-0.25, -0.2) is 0 Å². The minimum Gasteiger partial charge on any atom is -0.388 e. The highest BCUT2D eigenvalue weighted by molar-refractivity contribution is 7.99. The number of hydrogen-bond acceptors (Lipinski definition) is 2. The molecule has 2 aromatic carbocycles. The SMILES string of the molecule is CCCc1ccc(C(O)CSc2cccc(C)c2)cc1. The Morgan fingerprint density at radius 1 is 1.10 bits per heavy atom. The Morgan fingerprint density at radius 2 is 1.85 bits per heavy atom. The molecule has 106 valence electrons. The van der Waals surface area contributed by atoms with Gasteiger partial charge in [-0.05, 0) is 36.6 Å². The van der Waals surface area contributed by atoms with Gasteiger partial charge >= 0.3 is 0 Å². The van der Waals surface area contributed by atoms with Crippen molar-refractivity contribution in [2.45, 2.75) is 37.7 Å². The first-order valence-electron chi connectivity index (χ1n) is 7.15. The topological polar surface area (TPSA) is 20.2 Å². The summed E-state index contributed by atoms with van der Waals surface area (Å²) in [6.45, 7) is 4.27. The van der Waals surface area contributed by atoms with Crippen LogP contribution >= 0.6 is 11.8 Å². The molecule has 1 atom stereocenters. The minimum absolute atomic E-state index is 0.406. The summed E-state index contributed by atoms with van der Waals surface area (Å²) in [6.07, 6.45) is 1.86. The van der Waals surface area contributed by atoms with Gasteiger partial charge < -0.3 is 5.11 Å². The molecule has 0 aliphatic heterocycles. The fraction of sp³-hybridized carbons (Fsp3) is 0.333. The van der Waals surface area contributed by atoms with Gasteiger partial charge in [0.25, 0.3) is 0 Å². The van der Waals surface area contributed by atoms with Crippen molar-refractivity contribution in [2.75, 3.05) is 5.75 Å². The Morgan fingerprint density at radius 3 is 2.50 bits per heavy atom. The van der Waals surface area contributed by atoms with Crippen molar-refractivity contribution >= 4 is 11.8 Å². The number of hydrogen-bond donors (Lipinski definition) is 1. The minimum atomic E-state index is -0.406. The van der Waals surface area contributed by atoms with Gasteiger partial charge in [0.1, 0.15) is 0 Å². The van der Waals surface area contributed by atoms with Crippen LogP contribution in [0.3, 0.4) is 0 Å². The molecule has 0 aliphatic rings. The summed E-state index contributed by atoms with van der Waals surface area (Å²) in [7, 11) is 0. The maximum absolute atomic E-state index is 10.3. The summed E-state index contributed by atoms with van der Waals surface area (Å²) >= 11 is 1.70. The van der Waals surface area contributed by atoms with Crippen LogP contribution in [-0.2, 0) is 6.42 Å². The molecule has 1 unspecified atom stereocenters. The second-order valence-corrected chi connectivity index (χ2v) is 6.23. The second-order valence-electron chi connectivity index (χ2n) is 5.13. The molecule has 1 N–H and O–H groups in total. The molecular weight excluding hydrogens is 264 g/mol. The van der Waals surface area contributed by atoms with E-state index in [1.54, 1.807) is 11.8 Å². The van der Waals surface area contributed by atoms with Crippen LogP contribution in [0.5, 0.6) is 0 Å². The predicted octanol–water partition coefficient (Wildman–Crippen LogP) is 4.77. The molecule has 2 rings (SSSR count). The van der Waals surface area contributed by atoms with E-state index in [9.17, 15) is 5.11 Å². The number of benzene rings is 2. The Balaban J connectivity index is 1.92. The van der Waals surface area contributed by atoms with Gasteiger partial charge in [0, 0.05) is 10.6 Å². The zero-order valence-electron chi connectivity index (χ0n) is 12.2. The van der Waals surface area contributed by atoms with Crippen LogP contribution in [0, 0.1) is 6.92 Å². The maximum atomic E-state index is 10.3. The van der Waals surface area contributed by atoms with Gasteiger partial charge in [-0.15, -0.1) is 11.8 Å². The standard InChI is InChI=1S/C18H22OS/c1-3-5-15-8-10-16(11-9-15)18(19)13-20-17-7-4-6-14(2)12-17/h4,6-12,18-19H,3,5,13H2,1-2H3. The molecule has 1 nitrogen and oxygen atoms in total. The molecule has 0 aromatic heterocycles. The largest absolute Gasteiger partial charge is 0.388 e. The summed E-state index contributed by atoms with van der Waals surface area (Å²) in [5, 5.41) is 10.3. The Kier molecular flexibility index (Phi) is 5.69. The molecule has 0 saturated heterocycles. The number of rotatable bonds is 6. The van der Waals surface area contributed by atoms with Crippen molar-refractivity contribution in [3.63, 3.8) is 0 Å². The van der Waals surface area contributed by atoms with E-state index in [2.05, 4.69) is 50.2 Å². The second kappa shape index (κ2) is 7.51. The molecule has 0 spiro atoms. The summed E-state index contributed by atoms with van der Waals surface area (Å²) in [4.78, 5) is 1.21. The molecule has 0 fully saturated rings. The summed E-state index contributed by atoms with van der Waals surface area (Å²) < 4.78 is 0. The molecule has 2 heteroatoms. The lowest BCUT2D eigenvalue weighted by Crippen LogP contribution is -2.00. The highest BCUT2D eigenvalue weighted by atomic mass is 32.2. The highest BCUT2D eigenvalue weighted by Gasteiger charge is 2.08. The van der Waals surface area contributed by atoms with Gasteiger partial charge in [0.05, 0.1) is 6.10 Å². The fourth-order valence-electron chi connectivity index (χ4n) is 2.17. The summed E-state index contributed by atoms with van der Waals surface area (Å²) in [5.41, 5.74) is 3.60. The molecule has 0 heterocycles. The zero-order valence-corrected chi connectivity index (χ0v) is 13.0. The number of thioether (sulfide) groups is 1. The molecule has 0 amide bonds. The smallest absolute Gasteiger partial charge is 0.0883 e. The van der Waals surface area contributed by atoms with Crippen molar-refractivity contribution in [3.05, 3.63) is 65.2 Å². The number of aliphatic hydroxyl groups excluding tert-OH is 1. The zero-order chi connectivity index (χ0) is 14.4. The van der Waals surface area contributed by atoms with Gasteiger partial charge in [-0.3, -0.25) is 0 Å². The van der Waals surface area contributed by atoms with E-state index in [4.69, 9.17) is 0 Å². The van der Waals surface area contributed by atoms with Gasteiger partial charge in [-0.1, -0.05) is 55.3 Å². The van der Waals surface area contributed by atoms with E-state index in [1.807, 2.05) is 12.1 Å².